The highest BCUT2D eigenvalue weighted by molar-refractivity contribution is 5.15. The van der Waals surface area contributed by atoms with Gasteiger partial charge >= 0.3 is 0 Å². The molecule has 0 radical (unpaired) electrons. The van der Waals surface area contributed by atoms with Crippen molar-refractivity contribution < 1.29 is 4.74 Å². The van der Waals surface area contributed by atoms with E-state index in [1.807, 2.05) is 60.7 Å². The molecular formula is C20H20N2O2. The summed E-state index contributed by atoms with van der Waals surface area (Å²) in [5.74, 6) is 0. The van der Waals surface area contributed by atoms with Crippen molar-refractivity contribution in [3.63, 3.8) is 0 Å². The third-order valence-corrected chi connectivity index (χ3v) is 3.71. The average Bonchev–Trinajstić information content (AvgIpc) is 2.63. The quantitative estimate of drug-likeness (QED) is 0.629. The van der Waals surface area contributed by atoms with Crippen LogP contribution in [0.1, 0.15) is 16.8 Å². The molecule has 122 valence electrons. The number of ether oxygens (including phenoxy) is 1. The second kappa shape index (κ2) is 8.22. The molecule has 0 atom stereocenters. The largest absolute Gasteiger partial charge is 0.376 e. The lowest BCUT2D eigenvalue weighted by Gasteiger charge is -2.08. The van der Waals surface area contributed by atoms with E-state index in [2.05, 4.69) is 5.10 Å². The number of benzene rings is 2. The SMILES string of the molecule is O=c1ccc(CCOCc2ccccc2)nn1Cc1ccccc1. The molecule has 3 aromatic rings. The molecule has 4 nitrogen and oxygen atoms in total. The third-order valence-electron chi connectivity index (χ3n) is 3.71. The van der Waals surface area contributed by atoms with Crippen LogP contribution in [0.2, 0.25) is 0 Å². The predicted molar refractivity (Wildman–Crippen MR) is 93.8 cm³/mol. The average molecular weight is 320 g/mol. The van der Waals surface area contributed by atoms with Crippen LogP contribution in [0.15, 0.2) is 77.6 Å². The van der Waals surface area contributed by atoms with Gasteiger partial charge in [-0.25, -0.2) is 4.68 Å². The van der Waals surface area contributed by atoms with Crippen molar-refractivity contribution >= 4 is 0 Å². The van der Waals surface area contributed by atoms with Crippen molar-refractivity contribution in [2.45, 2.75) is 19.6 Å². The molecule has 4 heteroatoms. The predicted octanol–water partition coefficient (Wildman–Crippen LogP) is 3.05. The lowest BCUT2D eigenvalue weighted by Crippen LogP contribution is -2.24. The molecule has 0 spiro atoms. The number of hydrogen-bond donors (Lipinski definition) is 0. The standard InChI is InChI=1S/C20H20N2O2/c23-20-12-11-19(13-14-24-16-18-9-5-2-6-10-18)21-22(20)15-17-7-3-1-4-8-17/h1-12H,13-16H2. The minimum absolute atomic E-state index is 0.0900. The van der Waals surface area contributed by atoms with Gasteiger partial charge < -0.3 is 4.74 Å². The fourth-order valence-corrected chi connectivity index (χ4v) is 2.44. The topological polar surface area (TPSA) is 44.1 Å². The van der Waals surface area contributed by atoms with Gasteiger partial charge in [-0.2, -0.15) is 5.10 Å². The Labute approximate surface area is 141 Å². The van der Waals surface area contributed by atoms with Gasteiger partial charge in [-0.3, -0.25) is 4.79 Å². The number of aromatic nitrogens is 2. The van der Waals surface area contributed by atoms with Crippen molar-refractivity contribution in [2.75, 3.05) is 6.61 Å². The van der Waals surface area contributed by atoms with Crippen molar-refractivity contribution in [1.82, 2.24) is 9.78 Å². The summed E-state index contributed by atoms with van der Waals surface area (Å²) in [5, 5.41) is 4.44. The van der Waals surface area contributed by atoms with Crippen LogP contribution in [0.3, 0.4) is 0 Å². The molecule has 3 rings (SSSR count). The van der Waals surface area contributed by atoms with Gasteiger partial charge in [0.05, 0.1) is 25.5 Å². The van der Waals surface area contributed by atoms with E-state index in [0.717, 1.165) is 16.8 Å². The molecule has 0 aliphatic rings. The Balaban J connectivity index is 1.56. The molecule has 2 aromatic carbocycles. The maximum Gasteiger partial charge on any atom is 0.267 e. The first-order valence-electron chi connectivity index (χ1n) is 8.04. The summed E-state index contributed by atoms with van der Waals surface area (Å²) in [5.41, 5.74) is 2.98. The number of hydrogen-bond acceptors (Lipinski definition) is 3. The molecule has 1 heterocycles. The zero-order chi connectivity index (χ0) is 16.6. The summed E-state index contributed by atoms with van der Waals surface area (Å²) in [7, 11) is 0. The van der Waals surface area contributed by atoms with E-state index in [4.69, 9.17) is 4.74 Å². The van der Waals surface area contributed by atoms with Gasteiger partial charge in [0.1, 0.15) is 0 Å². The van der Waals surface area contributed by atoms with Gasteiger partial charge in [0, 0.05) is 12.5 Å². The van der Waals surface area contributed by atoms with Crippen molar-refractivity contribution in [3.05, 3.63) is 100.0 Å². The minimum atomic E-state index is -0.0900. The maximum atomic E-state index is 12.0. The van der Waals surface area contributed by atoms with Crippen molar-refractivity contribution in [1.29, 1.82) is 0 Å². The summed E-state index contributed by atoms with van der Waals surface area (Å²) in [6.45, 7) is 1.65. The smallest absolute Gasteiger partial charge is 0.267 e. The minimum Gasteiger partial charge on any atom is -0.376 e. The van der Waals surface area contributed by atoms with E-state index >= 15 is 0 Å². The molecular weight excluding hydrogens is 300 g/mol. The lowest BCUT2D eigenvalue weighted by atomic mass is 10.2. The van der Waals surface area contributed by atoms with Gasteiger partial charge in [-0.1, -0.05) is 60.7 Å². The van der Waals surface area contributed by atoms with Crippen LogP contribution in [0.5, 0.6) is 0 Å². The Morgan fingerprint density at radius 3 is 2.21 bits per heavy atom. The summed E-state index contributed by atoms with van der Waals surface area (Å²) < 4.78 is 7.19. The van der Waals surface area contributed by atoms with Crippen LogP contribution in [-0.4, -0.2) is 16.4 Å². The van der Waals surface area contributed by atoms with E-state index < -0.39 is 0 Å². The molecule has 0 amide bonds. The highest BCUT2D eigenvalue weighted by Crippen LogP contribution is 2.03. The molecule has 1 aromatic heterocycles. The van der Waals surface area contributed by atoms with Crippen LogP contribution in [0, 0.1) is 0 Å². The summed E-state index contributed by atoms with van der Waals surface area (Å²) >= 11 is 0. The highest BCUT2D eigenvalue weighted by Gasteiger charge is 2.02. The Hall–Kier alpha value is -2.72. The molecule has 0 saturated carbocycles. The third kappa shape index (κ3) is 4.64. The van der Waals surface area contributed by atoms with Crippen molar-refractivity contribution in [2.24, 2.45) is 0 Å². The Kier molecular flexibility index (Phi) is 5.53. The Morgan fingerprint density at radius 2 is 1.50 bits per heavy atom. The fourth-order valence-electron chi connectivity index (χ4n) is 2.44. The van der Waals surface area contributed by atoms with Gasteiger partial charge in [0.25, 0.3) is 5.56 Å². The molecule has 0 saturated heterocycles. The van der Waals surface area contributed by atoms with Gasteiger partial charge in [0.2, 0.25) is 0 Å². The summed E-state index contributed by atoms with van der Waals surface area (Å²) in [4.78, 5) is 12.0. The van der Waals surface area contributed by atoms with Crippen LogP contribution in [0.4, 0.5) is 0 Å². The molecule has 0 bridgehead atoms. The Bertz CT molecular complexity index is 814. The van der Waals surface area contributed by atoms with Gasteiger partial charge in [-0.15, -0.1) is 0 Å². The Morgan fingerprint density at radius 1 is 0.833 bits per heavy atom. The van der Waals surface area contributed by atoms with Gasteiger partial charge in [0.15, 0.2) is 0 Å². The normalized spacial score (nSPS) is 10.7. The highest BCUT2D eigenvalue weighted by atomic mass is 16.5. The molecule has 0 aliphatic heterocycles. The van der Waals surface area contributed by atoms with Crippen molar-refractivity contribution in [3.8, 4) is 0 Å². The second-order valence-electron chi connectivity index (χ2n) is 5.59. The first-order chi connectivity index (χ1) is 11.8. The van der Waals surface area contributed by atoms with Crippen LogP contribution in [-0.2, 0) is 24.3 Å². The number of nitrogens with zero attached hydrogens (tertiary/aromatic N) is 2. The maximum absolute atomic E-state index is 12.0. The molecule has 0 unspecified atom stereocenters. The zero-order valence-corrected chi connectivity index (χ0v) is 13.5. The fraction of sp³-hybridized carbons (Fsp3) is 0.200. The van der Waals surface area contributed by atoms with Crippen LogP contribution in [0.25, 0.3) is 0 Å². The lowest BCUT2D eigenvalue weighted by molar-refractivity contribution is 0.123. The van der Waals surface area contributed by atoms with E-state index in [0.29, 0.717) is 26.2 Å². The molecule has 24 heavy (non-hydrogen) atoms. The molecule has 0 N–H and O–H groups in total. The first-order valence-corrected chi connectivity index (χ1v) is 8.04. The second-order valence-corrected chi connectivity index (χ2v) is 5.59. The molecule has 0 aliphatic carbocycles. The van der Waals surface area contributed by atoms with E-state index in [-0.39, 0.29) is 5.56 Å². The molecule has 0 fully saturated rings. The van der Waals surface area contributed by atoms with Crippen LogP contribution < -0.4 is 5.56 Å². The van der Waals surface area contributed by atoms with E-state index in [9.17, 15) is 4.79 Å². The van der Waals surface area contributed by atoms with Crippen LogP contribution >= 0.6 is 0 Å². The summed E-state index contributed by atoms with van der Waals surface area (Å²) in [6.07, 6.45) is 0.682. The van der Waals surface area contributed by atoms with E-state index in [1.165, 1.54) is 4.68 Å². The first kappa shape index (κ1) is 16.1. The monoisotopic (exact) mass is 320 g/mol. The number of rotatable bonds is 7. The summed E-state index contributed by atoms with van der Waals surface area (Å²) in [6, 6.07) is 23.3. The van der Waals surface area contributed by atoms with E-state index in [1.54, 1.807) is 12.1 Å². The zero-order valence-electron chi connectivity index (χ0n) is 13.5. The van der Waals surface area contributed by atoms with Gasteiger partial charge in [-0.05, 0) is 17.2 Å².